The first-order chi connectivity index (χ1) is 13.7. The maximum atomic E-state index is 14.0. The lowest BCUT2D eigenvalue weighted by molar-refractivity contribution is -0.140. The van der Waals surface area contributed by atoms with Crippen molar-refractivity contribution in [1.82, 2.24) is 10.2 Å². The Hall–Kier alpha value is -2.11. The highest BCUT2D eigenvalue weighted by Crippen LogP contribution is 2.24. The largest absolute Gasteiger partial charge is 0.354 e. The molecule has 2 aromatic carbocycles. The molecular formula is C22H25Cl2FN2O2. The van der Waals surface area contributed by atoms with E-state index >= 15 is 0 Å². The third kappa shape index (κ3) is 6.72. The number of nitrogens with one attached hydrogen (secondary N) is 1. The van der Waals surface area contributed by atoms with Crippen LogP contribution in [0.5, 0.6) is 0 Å². The van der Waals surface area contributed by atoms with Crippen molar-refractivity contribution >= 4 is 35.0 Å². The highest BCUT2D eigenvalue weighted by molar-refractivity contribution is 6.42. The van der Waals surface area contributed by atoms with E-state index in [9.17, 15) is 14.0 Å². The number of benzene rings is 2. The van der Waals surface area contributed by atoms with Crippen molar-refractivity contribution in [2.75, 3.05) is 6.54 Å². The number of rotatable bonds is 8. The van der Waals surface area contributed by atoms with Crippen LogP contribution in [-0.2, 0) is 22.6 Å². The SMILES string of the molecule is CC(C)CNC(=O)[C@H](C)N(Cc1ccc(Cl)c(Cl)c1)C(=O)Cc1ccccc1F. The van der Waals surface area contributed by atoms with Gasteiger partial charge in [0.25, 0.3) is 0 Å². The summed E-state index contributed by atoms with van der Waals surface area (Å²) in [6.45, 7) is 6.29. The molecule has 0 aliphatic carbocycles. The molecule has 0 spiro atoms. The van der Waals surface area contributed by atoms with Crippen molar-refractivity contribution in [1.29, 1.82) is 0 Å². The molecule has 1 atom stereocenters. The third-order valence-corrected chi connectivity index (χ3v) is 5.23. The second-order valence-electron chi connectivity index (χ2n) is 7.35. The van der Waals surface area contributed by atoms with Gasteiger partial charge in [0.1, 0.15) is 11.9 Å². The molecule has 0 aliphatic rings. The lowest BCUT2D eigenvalue weighted by Gasteiger charge is -2.29. The highest BCUT2D eigenvalue weighted by atomic mass is 35.5. The minimum atomic E-state index is -0.734. The van der Waals surface area contributed by atoms with E-state index in [1.54, 1.807) is 43.3 Å². The summed E-state index contributed by atoms with van der Waals surface area (Å²) >= 11 is 12.1. The second kappa shape index (κ2) is 10.6. The molecule has 0 aliphatic heterocycles. The van der Waals surface area contributed by atoms with Crippen LogP contribution in [0, 0.1) is 11.7 Å². The average Bonchev–Trinajstić information content (AvgIpc) is 2.68. The molecule has 0 unspecified atom stereocenters. The van der Waals surface area contributed by atoms with Crippen LogP contribution in [-0.4, -0.2) is 29.3 Å². The number of carbonyl (C=O) groups excluding carboxylic acids is 2. The molecule has 0 radical (unpaired) electrons. The van der Waals surface area contributed by atoms with Gasteiger partial charge in [-0.25, -0.2) is 4.39 Å². The molecule has 7 heteroatoms. The van der Waals surface area contributed by atoms with Crippen molar-refractivity contribution in [2.24, 2.45) is 5.92 Å². The molecule has 156 valence electrons. The van der Waals surface area contributed by atoms with E-state index in [1.807, 2.05) is 13.8 Å². The van der Waals surface area contributed by atoms with E-state index in [1.165, 1.54) is 11.0 Å². The molecule has 2 rings (SSSR count). The Morgan fingerprint density at radius 1 is 1.07 bits per heavy atom. The van der Waals surface area contributed by atoms with Crippen LogP contribution in [0.3, 0.4) is 0 Å². The van der Waals surface area contributed by atoms with Gasteiger partial charge in [-0.3, -0.25) is 9.59 Å². The first-order valence-electron chi connectivity index (χ1n) is 9.43. The molecule has 0 fully saturated rings. The summed E-state index contributed by atoms with van der Waals surface area (Å²) in [5, 5.41) is 3.61. The van der Waals surface area contributed by atoms with Crippen molar-refractivity contribution < 1.29 is 14.0 Å². The number of hydrogen-bond acceptors (Lipinski definition) is 2. The Kier molecular flexibility index (Phi) is 8.47. The van der Waals surface area contributed by atoms with Crippen molar-refractivity contribution in [3.63, 3.8) is 0 Å². The minimum Gasteiger partial charge on any atom is -0.354 e. The Bertz CT molecular complexity index is 874. The molecular weight excluding hydrogens is 414 g/mol. The van der Waals surface area contributed by atoms with Crippen LogP contribution < -0.4 is 5.32 Å². The number of amides is 2. The second-order valence-corrected chi connectivity index (χ2v) is 8.17. The van der Waals surface area contributed by atoms with Crippen LogP contribution in [0.25, 0.3) is 0 Å². The monoisotopic (exact) mass is 438 g/mol. The maximum absolute atomic E-state index is 14.0. The molecule has 2 amide bonds. The summed E-state index contributed by atoms with van der Waals surface area (Å²) in [4.78, 5) is 27.1. The van der Waals surface area contributed by atoms with E-state index in [0.717, 1.165) is 5.56 Å². The van der Waals surface area contributed by atoms with Gasteiger partial charge in [0.15, 0.2) is 0 Å². The summed E-state index contributed by atoms with van der Waals surface area (Å²) in [6, 6.07) is 10.4. The molecule has 0 bridgehead atoms. The fourth-order valence-electron chi connectivity index (χ4n) is 2.78. The van der Waals surface area contributed by atoms with Gasteiger partial charge in [-0.15, -0.1) is 0 Å². The number of halogens is 3. The lowest BCUT2D eigenvalue weighted by Crippen LogP contribution is -2.48. The smallest absolute Gasteiger partial charge is 0.242 e. The van der Waals surface area contributed by atoms with E-state index in [-0.39, 0.29) is 36.3 Å². The molecule has 29 heavy (non-hydrogen) atoms. The van der Waals surface area contributed by atoms with Crippen molar-refractivity contribution in [3.8, 4) is 0 Å². The fourth-order valence-corrected chi connectivity index (χ4v) is 3.10. The first kappa shape index (κ1) is 23.2. The molecule has 1 N–H and O–H groups in total. The fraction of sp³-hybridized carbons (Fsp3) is 0.364. The van der Waals surface area contributed by atoms with Crippen LogP contribution in [0.15, 0.2) is 42.5 Å². The van der Waals surface area contributed by atoms with Crippen LogP contribution in [0.4, 0.5) is 4.39 Å². The maximum Gasteiger partial charge on any atom is 0.242 e. The zero-order valence-corrected chi connectivity index (χ0v) is 18.2. The number of carbonyl (C=O) groups is 2. The Morgan fingerprint density at radius 3 is 2.38 bits per heavy atom. The lowest BCUT2D eigenvalue weighted by atomic mass is 10.1. The molecule has 2 aromatic rings. The van der Waals surface area contributed by atoms with Crippen molar-refractivity contribution in [2.45, 2.75) is 39.8 Å². The predicted octanol–water partition coefficient (Wildman–Crippen LogP) is 4.86. The predicted molar refractivity (Wildman–Crippen MR) is 114 cm³/mol. The standard InChI is InChI=1S/C22H25Cl2FN2O2/c1-14(2)12-26-22(29)15(3)27(13-16-8-9-18(23)19(24)10-16)21(28)11-17-6-4-5-7-20(17)25/h4-10,14-15H,11-13H2,1-3H3,(H,26,29)/t15-/m0/s1. The van der Waals surface area contributed by atoms with Gasteiger partial charge in [0.05, 0.1) is 16.5 Å². The summed E-state index contributed by atoms with van der Waals surface area (Å²) in [5.74, 6) is -0.787. The Labute approximate surface area is 181 Å². The van der Waals surface area contributed by atoms with Gasteiger partial charge in [-0.05, 0) is 42.2 Å². The van der Waals surface area contributed by atoms with E-state index in [2.05, 4.69) is 5.32 Å². The van der Waals surface area contributed by atoms with Crippen molar-refractivity contribution in [3.05, 3.63) is 69.5 Å². The van der Waals surface area contributed by atoms with Gasteiger partial charge >= 0.3 is 0 Å². The van der Waals surface area contributed by atoms with Crippen LogP contribution in [0.2, 0.25) is 10.0 Å². The van der Waals surface area contributed by atoms with E-state index in [0.29, 0.717) is 16.6 Å². The Morgan fingerprint density at radius 2 is 1.76 bits per heavy atom. The molecule has 0 saturated carbocycles. The molecule has 0 heterocycles. The zero-order chi connectivity index (χ0) is 21.6. The molecule has 4 nitrogen and oxygen atoms in total. The first-order valence-corrected chi connectivity index (χ1v) is 10.2. The normalized spacial score (nSPS) is 12.0. The summed E-state index contributed by atoms with van der Waals surface area (Å²) < 4.78 is 14.0. The zero-order valence-electron chi connectivity index (χ0n) is 16.7. The number of nitrogens with zero attached hydrogens (tertiary/aromatic N) is 1. The quantitative estimate of drug-likeness (QED) is 0.639. The summed E-state index contributed by atoms with van der Waals surface area (Å²) in [6.07, 6.45) is -0.143. The average molecular weight is 439 g/mol. The van der Waals surface area contributed by atoms with Gasteiger partial charge in [-0.2, -0.15) is 0 Å². The molecule has 0 aromatic heterocycles. The third-order valence-electron chi connectivity index (χ3n) is 4.49. The van der Waals surface area contributed by atoms with Gasteiger partial charge in [0, 0.05) is 13.1 Å². The summed E-state index contributed by atoms with van der Waals surface area (Å²) in [7, 11) is 0. The van der Waals surface area contributed by atoms with Crippen LogP contribution in [0.1, 0.15) is 31.9 Å². The topological polar surface area (TPSA) is 49.4 Å². The minimum absolute atomic E-state index is 0.143. The molecule has 0 saturated heterocycles. The van der Waals surface area contributed by atoms with Gasteiger partial charge in [-0.1, -0.05) is 61.3 Å². The van der Waals surface area contributed by atoms with Crippen LogP contribution >= 0.6 is 23.2 Å². The summed E-state index contributed by atoms with van der Waals surface area (Å²) in [5.41, 5.74) is 1.01. The Balaban J connectivity index is 2.25. The van der Waals surface area contributed by atoms with Gasteiger partial charge < -0.3 is 10.2 Å². The highest BCUT2D eigenvalue weighted by Gasteiger charge is 2.27. The number of hydrogen-bond donors (Lipinski definition) is 1. The van der Waals surface area contributed by atoms with Gasteiger partial charge in [0.2, 0.25) is 11.8 Å². The van der Waals surface area contributed by atoms with E-state index < -0.39 is 11.9 Å². The van der Waals surface area contributed by atoms with E-state index in [4.69, 9.17) is 23.2 Å².